The van der Waals surface area contributed by atoms with Crippen molar-refractivity contribution in [2.75, 3.05) is 13.2 Å². The highest BCUT2D eigenvalue weighted by molar-refractivity contribution is 7.74. The van der Waals surface area contributed by atoms with Crippen LogP contribution in [0.5, 0.6) is 0 Å². The first kappa shape index (κ1) is 12.5. The molecule has 0 saturated heterocycles. The Morgan fingerprint density at radius 1 is 1.69 bits per heavy atom. The van der Waals surface area contributed by atoms with Crippen LogP contribution in [0, 0.1) is 0 Å². The molecule has 13 heavy (non-hydrogen) atoms. The van der Waals surface area contributed by atoms with Crippen LogP contribution < -0.4 is 5.32 Å². The van der Waals surface area contributed by atoms with Gasteiger partial charge in [0.05, 0.1) is 6.61 Å². The van der Waals surface area contributed by atoms with Gasteiger partial charge in [-0.25, -0.2) is 4.79 Å². The summed E-state index contributed by atoms with van der Waals surface area (Å²) < 4.78 is 23.0. The number of nitrogens with one attached hydrogen (secondary N) is 1. The highest BCUT2D eigenvalue weighted by Crippen LogP contribution is 2.02. The average Bonchev–Trinajstić information content (AvgIpc) is 2.02. The summed E-state index contributed by atoms with van der Waals surface area (Å²) in [7, 11) is 0. The lowest BCUT2D eigenvalue weighted by atomic mass is 10.1. The maximum absolute atomic E-state index is 10.2. The van der Waals surface area contributed by atoms with Crippen molar-refractivity contribution in [3.05, 3.63) is 6.08 Å². The summed E-state index contributed by atoms with van der Waals surface area (Å²) in [4.78, 5) is 9.82. The van der Waals surface area contributed by atoms with E-state index in [1.807, 2.05) is 0 Å². The second-order valence-corrected chi connectivity index (χ2v) is 3.74. The molecule has 0 aliphatic rings. The first-order chi connectivity index (χ1) is 5.98. The maximum atomic E-state index is 10.2. The Balaban J connectivity index is 3.78. The normalized spacial score (nSPS) is 13.5. The highest BCUT2D eigenvalue weighted by Gasteiger charge is 2.17. The largest absolute Gasteiger partial charge is 0.305 e. The van der Waals surface area contributed by atoms with Crippen molar-refractivity contribution in [3.8, 4) is 0 Å². The van der Waals surface area contributed by atoms with E-state index in [9.17, 15) is 9.00 Å². The molecule has 0 radical (unpaired) electrons. The third-order valence-corrected chi connectivity index (χ3v) is 1.61. The minimum absolute atomic E-state index is 0.0861. The zero-order chi connectivity index (χ0) is 10.3. The van der Waals surface area contributed by atoms with E-state index >= 15 is 0 Å². The van der Waals surface area contributed by atoms with Crippen molar-refractivity contribution in [3.63, 3.8) is 0 Å². The molecule has 0 fully saturated rings. The van der Waals surface area contributed by atoms with Gasteiger partial charge in [0, 0.05) is 18.2 Å². The van der Waals surface area contributed by atoms with E-state index in [1.165, 1.54) is 6.08 Å². The third-order valence-electron chi connectivity index (χ3n) is 1.29. The molecule has 0 spiro atoms. The Labute approximate surface area is 79.7 Å². The summed E-state index contributed by atoms with van der Waals surface area (Å²) in [6.07, 6.45) is 1.29. The van der Waals surface area contributed by atoms with Crippen LogP contribution in [0.15, 0.2) is 6.08 Å². The van der Waals surface area contributed by atoms with Crippen molar-refractivity contribution in [1.82, 2.24) is 5.32 Å². The predicted octanol–water partition coefficient (Wildman–Crippen LogP) is -0.104. The van der Waals surface area contributed by atoms with Crippen LogP contribution in [0.1, 0.15) is 13.8 Å². The minimum Gasteiger partial charge on any atom is -0.305 e. The predicted molar refractivity (Wildman–Crippen MR) is 49.1 cm³/mol. The van der Waals surface area contributed by atoms with Gasteiger partial charge in [-0.05, 0) is 13.8 Å². The monoisotopic (exact) mass is 207 g/mol. The zero-order valence-corrected chi connectivity index (χ0v) is 8.39. The van der Waals surface area contributed by atoms with Crippen LogP contribution in [0.2, 0.25) is 0 Å². The summed E-state index contributed by atoms with van der Waals surface area (Å²) in [6.45, 7) is 4.03. The minimum atomic E-state index is -2.25. The van der Waals surface area contributed by atoms with Gasteiger partial charge >= 0.3 is 11.4 Å². The number of rotatable bonds is 6. The standard InChI is InChI=1S/C7H13NO4S/c1-7(2,6-12-13(10)11)8-4-3-5-9/h3,8H,4,6H2,1-2H3,(H,10,11). The van der Waals surface area contributed by atoms with Crippen molar-refractivity contribution in [1.29, 1.82) is 0 Å². The average molecular weight is 207 g/mol. The Morgan fingerprint density at radius 3 is 2.77 bits per heavy atom. The molecule has 1 unspecified atom stereocenters. The molecule has 0 saturated carbocycles. The van der Waals surface area contributed by atoms with Gasteiger partial charge in [0.2, 0.25) is 0 Å². The van der Waals surface area contributed by atoms with E-state index in [0.717, 1.165) is 0 Å². The number of carbonyl (C=O) groups excluding carboxylic acids is 1. The van der Waals surface area contributed by atoms with Crippen molar-refractivity contribution >= 4 is 17.3 Å². The Morgan fingerprint density at radius 2 is 2.31 bits per heavy atom. The molecule has 2 N–H and O–H groups in total. The maximum Gasteiger partial charge on any atom is 0.301 e. The Hall–Kier alpha value is -0.520. The lowest BCUT2D eigenvalue weighted by Gasteiger charge is -2.23. The van der Waals surface area contributed by atoms with Crippen LogP contribution in [-0.4, -0.2) is 33.4 Å². The lowest BCUT2D eigenvalue weighted by molar-refractivity contribution is 0.213. The molecule has 5 nitrogen and oxygen atoms in total. The third kappa shape index (κ3) is 7.83. The molecule has 76 valence electrons. The van der Waals surface area contributed by atoms with E-state index < -0.39 is 16.9 Å². The molecule has 0 heterocycles. The molecule has 0 aliphatic heterocycles. The highest BCUT2D eigenvalue weighted by atomic mass is 32.2. The summed E-state index contributed by atoms with van der Waals surface area (Å²) >= 11 is -2.25. The van der Waals surface area contributed by atoms with Crippen LogP contribution >= 0.6 is 0 Å². The molecule has 0 aromatic carbocycles. The molecule has 0 bridgehead atoms. The summed E-state index contributed by atoms with van der Waals surface area (Å²) in [5.41, 5.74) is -0.453. The van der Waals surface area contributed by atoms with Gasteiger partial charge in [0.25, 0.3) is 0 Å². The summed E-state index contributed by atoms with van der Waals surface area (Å²) in [5.74, 6) is 1.62. The van der Waals surface area contributed by atoms with Gasteiger partial charge in [-0.3, -0.25) is 8.74 Å². The smallest absolute Gasteiger partial charge is 0.301 e. The molecule has 6 heteroatoms. The van der Waals surface area contributed by atoms with Gasteiger partial charge in [0.1, 0.15) is 5.94 Å². The van der Waals surface area contributed by atoms with Gasteiger partial charge in [-0.15, -0.1) is 0 Å². The van der Waals surface area contributed by atoms with Crippen molar-refractivity contribution in [2.24, 2.45) is 0 Å². The van der Waals surface area contributed by atoms with Gasteiger partial charge < -0.3 is 5.32 Å². The summed E-state index contributed by atoms with van der Waals surface area (Å²) in [6, 6.07) is 0. The Bertz CT molecular complexity index is 215. The fourth-order valence-electron chi connectivity index (χ4n) is 0.618. The first-order valence-corrected chi connectivity index (χ1v) is 4.69. The van der Waals surface area contributed by atoms with E-state index in [-0.39, 0.29) is 6.61 Å². The molecule has 1 atom stereocenters. The molecule has 0 aliphatic carbocycles. The van der Waals surface area contributed by atoms with E-state index in [0.29, 0.717) is 6.54 Å². The van der Waals surface area contributed by atoms with Crippen molar-refractivity contribution in [2.45, 2.75) is 19.4 Å². The summed E-state index contributed by atoms with van der Waals surface area (Å²) in [5, 5.41) is 2.93. The van der Waals surface area contributed by atoms with Gasteiger partial charge in [0.15, 0.2) is 0 Å². The first-order valence-electron chi connectivity index (χ1n) is 3.66. The second-order valence-electron chi connectivity index (χ2n) is 3.07. The SMILES string of the molecule is CC(C)(COS(=O)O)NCC=C=O. The van der Waals surface area contributed by atoms with Crippen LogP contribution in [0.3, 0.4) is 0 Å². The van der Waals surface area contributed by atoms with Gasteiger partial charge in [-0.1, -0.05) is 0 Å². The number of hydrogen-bond donors (Lipinski definition) is 2. The molecule has 0 amide bonds. The van der Waals surface area contributed by atoms with E-state index in [2.05, 4.69) is 9.50 Å². The fraction of sp³-hybridized carbons (Fsp3) is 0.714. The molecule has 0 rings (SSSR count). The zero-order valence-electron chi connectivity index (χ0n) is 7.57. The van der Waals surface area contributed by atoms with Gasteiger partial charge in [-0.2, -0.15) is 4.21 Å². The molecular weight excluding hydrogens is 194 g/mol. The Kier molecular flexibility index (Phi) is 5.77. The molecule has 0 aromatic heterocycles. The van der Waals surface area contributed by atoms with Crippen LogP contribution in [0.25, 0.3) is 0 Å². The molecule has 0 aromatic rings. The second kappa shape index (κ2) is 6.01. The van der Waals surface area contributed by atoms with Crippen LogP contribution in [0.4, 0.5) is 0 Å². The number of hydrogen-bond acceptors (Lipinski definition) is 4. The topological polar surface area (TPSA) is 75.6 Å². The van der Waals surface area contributed by atoms with Crippen molar-refractivity contribution < 1.29 is 17.7 Å². The molecular formula is C7H13NO4S. The quantitative estimate of drug-likeness (QED) is 0.469. The van der Waals surface area contributed by atoms with E-state index in [4.69, 9.17) is 4.55 Å². The van der Waals surface area contributed by atoms with E-state index in [1.54, 1.807) is 19.8 Å². The lowest BCUT2D eigenvalue weighted by Crippen LogP contribution is -2.43. The van der Waals surface area contributed by atoms with Crippen LogP contribution in [-0.2, 0) is 20.3 Å². The fourth-order valence-corrected chi connectivity index (χ4v) is 1.01.